The van der Waals surface area contributed by atoms with Crippen molar-refractivity contribution in [2.45, 2.75) is 39.2 Å². The van der Waals surface area contributed by atoms with Crippen molar-refractivity contribution < 1.29 is 4.79 Å². The van der Waals surface area contributed by atoms with Crippen LogP contribution in [0.25, 0.3) is 0 Å². The van der Waals surface area contributed by atoms with Gasteiger partial charge in [0.15, 0.2) is 0 Å². The van der Waals surface area contributed by atoms with Crippen LogP contribution in [0, 0.1) is 23.2 Å². The third-order valence-corrected chi connectivity index (χ3v) is 4.37. The van der Waals surface area contributed by atoms with Gasteiger partial charge in [0.25, 0.3) is 0 Å². The van der Waals surface area contributed by atoms with Crippen LogP contribution in [0.2, 0.25) is 0 Å². The molecule has 2 atom stereocenters. The first-order chi connectivity index (χ1) is 9.61. The van der Waals surface area contributed by atoms with Crippen molar-refractivity contribution >= 4 is 5.91 Å². The molecule has 0 aromatic rings. The van der Waals surface area contributed by atoms with Gasteiger partial charge in [-0.15, -0.1) is 0 Å². The average Bonchev–Trinajstić information content (AvgIpc) is 2.92. The molecule has 110 valence electrons. The fraction of sp³-hybridized carbons (Fsp3) is 0.750. The van der Waals surface area contributed by atoms with E-state index in [-0.39, 0.29) is 11.9 Å². The quantitative estimate of drug-likeness (QED) is 0.738. The highest BCUT2D eigenvalue weighted by Gasteiger charge is 2.28. The van der Waals surface area contributed by atoms with Crippen molar-refractivity contribution in [1.82, 2.24) is 9.80 Å². The van der Waals surface area contributed by atoms with E-state index in [4.69, 9.17) is 0 Å². The molecule has 2 rings (SSSR count). The van der Waals surface area contributed by atoms with E-state index in [2.05, 4.69) is 37.0 Å². The summed E-state index contributed by atoms with van der Waals surface area (Å²) in [5, 5.41) is 9.23. The number of carbonyl (C=O) groups is 1. The minimum Gasteiger partial charge on any atom is -0.340 e. The Morgan fingerprint density at radius 3 is 2.55 bits per heavy atom. The Morgan fingerprint density at radius 2 is 2.05 bits per heavy atom. The number of allylic oxidation sites excluding steroid dienone is 2. The van der Waals surface area contributed by atoms with E-state index in [1.54, 1.807) is 0 Å². The van der Waals surface area contributed by atoms with Crippen LogP contribution in [-0.4, -0.2) is 47.9 Å². The zero-order valence-corrected chi connectivity index (χ0v) is 12.6. The Morgan fingerprint density at radius 1 is 1.35 bits per heavy atom. The standard InChI is InChI=1S/C16H25N3O/c1-13(2)15(12-17)18-7-9-19(10-8-18)16(20)11-14-5-3-4-6-14/h3,5,13-15H,4,6-11H2,1-2H3/t14-,15+/m1/s1. The smallest absolute Gasteiger partial charge is 0.223 e. The molecule has 0 N–H and O–H groups in total. The Kier molecular flexibility index (Phi) is 5.19. The lowest BCUT2D eigenvalue weighted by atomic mass is 10.0. The van der Waals surface area contributed by atoms with Crippen molar-refractivity contribution in [3.05, 3.63) is 12.2 Å². The largest absolute Gasteiger partial charge is 0.340 e. The van der Waals surface area contributed by atoms with Crippen molar-refractivity contribution in [2.24, 2.45) is 11.8 Å². The first kappa shape index (κ1) is 15.1. The number of rotatable bonds is 4. The van der Waals surface area contributed by atoms with Gasteiger partial charge in [-0.05, 0) is 24.7 Å². The molecule has 0 bridgehead atoms. The Labute approximate surface area is 122 Å². The molecule has 1 heterocycles. The second-order valence-corrected chi connectivity index (χ2v) is 6.20. The first-order valence-electron chi connectivity index (χ1n) is 7.70. The van der Waals surface area contributed by atoms with Gasteiger partial charge in [0.05, 0.1) is 6.07 Å². The highest BCUT2D eigenvalue weighted by molar-refractivity contribution is 5.76. The Bertz CT molecular complexity index is 402. The molecule has 4 nitrogen and oxygen atoms in total. The van der Waals surface area contributed by atoms with Gasteiger partial charge in [-0.2, -0.15) is 5.26 Å². The molecule has 0 aromatic heterocycles. The highest BCUT2D eigenvalue weighted by atomic mass is 16.2. The number of hydrogen-bond donors (Lipinski definition) is 0. The molecule has 0 spiro atoms. The number of piperazine rings is 1. The van der Waals surface area contributed by atoms with Gasteiger partial charge >= 0.3 is 0 Å². The van der Waals surface area contributed by atoms with Crippen molar-refractivity contribution in [3.63, 3.8) is 0 Å². The molecule has 1 aliphatic carbocycles. The molecule has 0 radical (unpaired) electrons. The normalized spacial score (nSPS) is 24.9. The number of carbonyl (C=O) groups excluding carboxylic acids is 1. The predicted molar refractivity (Wildman–Crippen MR) is 78.9 cm³/mol. The average molecular weight is 275 g/mol. The molecule has 0 saturated carbocycles. The van der Waals surface area contributed by atoms with Crippen LogP contribution in [0.1, 0.15) is 33.1 Å². The van der Waals surface area contributed by atoms with Gasteiger partial charge in [0, 0.05) is 32.6 Å². The minimum absolute atomic E-state index is 0.0231. The molecule has 1 amide bonds. The monoisotopic (exact) mass is 275 g/mol. The van der Waals surface area contributed by atoms with E-state index in [0.29, 0.717) is 18.3 Å². The second-order valence-electron chi connectivity index (χ2n) is 6.20. The lowest BCUT2D eigenvalue weighted by Gasteiger charge is -2.38. The first-order valence-corrected chi connectivity index (χ1v) is 7.70. The number of amides is 1. The second kappa shape index (κ2) is 6.90. The number of hydrogen-bond acceptors (Lipinski definition) is 3. The van der Waals surface area contributed by atoms with Crippen molar-refractivity contribution in [2.75, 3.05) is 26.2 Å². The fourth-order valence-corrected chi connectivity index (χ4v) is 3.12. The summed E-state index contributed by atoms with van der Waals surface area (Å²) in [5.74, 6) is 1.06. The maximum absolute atomic E-state index is 12.2. The van der Waals surface area contributed by atoms with E-state index in [1.807, 2.05) is 4.90 Å². The van der Waals surface area contributed by atoms with Crippen LogP contribution in [-0.2, 0) is 4.79 Å². The van der Waals surface area contributed by atoms with Gasteiger partial charge < -0.3 is 4.90 Å². The number of nitriles is 1. The summed E-state index contributed by atoms with van der Waals surface area (Å²) < 4.78 is 0. The maximum atomic E-state index is 12.2. The molecule has 0 aromatic carbocycles. The molecule has 20 heavy (non-hydrogen) atoms. The maximum Gasteiger partial charge on any atom is 0.223 e. The predicted octanol–water partition coefficient (Wildman–Crippen LogP) is 2.04. The molecule has 0 unspecified atom stereocenters. The molecule has 4 heteroatoms. The topological polar surface area (TPSA) is 47.3 Å². The third kappa shape index (κ3) is 3.61. The van der Waals surface area contributed by atoms with Crippen molar-refractivity contribution in [3.8, 4) is 6.07 Å². The van der Waals surface area contributed by atoms with E-state index in [0.717, 1.165) is 39.0 Å². The zero-order chi connectivity index (χ0) is 14.5. The summed E-state index contributed by atoms with van der Waals surface area (Å²) in [7, 11) is 0. The summed E-state index contributed by atoms with van der Waals surface area (Å²) >= 11 is 0. The van der Waals surface area contributed by atoms with Gasteiger partial charge in [-0.3, -0.25) is 9.69 Å². The molecular formula is C16H25N3O. The molecular weight excluding hydrogens is 250 g/mol. The third-order valence-electron chi connectivity index (χ3n) is 4.37. The lowest BCUT2D eigenvalue weighted by molar-refractivity contribution is -0.133. The molecule has 1 aliphatic heterocycles. The van der Waals surface area contributed by atoms with Crippen LogP contribution in [0.15, 0.2) is 12.2 Å². The molecule has 2 aliphatic rings. The van der Waals surface area contributed by atoms with E-state index in [1.165, 1.54) is 0 Å². The molecule has 1 saturated heterocycles. The molecule has 1 fully saturated rings. The van der Waals surface area contributed by atoms with E-state index in [9.17, 15) is 10.1 Å². The minimum atomic E-state index is -0.0231. The summed E-state index contributed by atoms with van der Waals surface area (Å²) in [5.41, 5.74) is 0. The van der Waals surface area contributed by atoms with Gasteiger partial charge in [-0.1, -0.05) is 26.0 Å². The van der Waals surface area contributed by atoms with Crippen LogP contribution in [0.4, 0.5) is 0 Å². The van der Waals surface area contributed by atoms with Gasteiger partial charge in [-0.25, -0.2) is 0 Å². The van der Waals surface area contributed by atoms with Crippen molar-refractivity contribution in [1.29, 1.82) is 5.26 Å². The Balaban J connectivity index is 1.80. The SMILES string of the molecule is CC(C)[C@H](C#N)N1CCN(C(=O)C[C@@H]2C=CCC2)CC1. The van der Waals surface area contributed by atoms with Gasteiger partial charge in [0.1, 0.15) is 6.04 Å². The zero-order valence-electron chi connectivity index (χ0n) is 12.6. The number of nitrogens with zero attached hydrogens (tertiary/aromatic N) is 3. The summed E-state index contributed by atoms with van der Waals surface area (Å²) in [4.78, 5) is 16.4. The fourth-order valence-electron chi connectivity index (χ4n) is 3.12. The lowest BCUT2D eigenvalue weighted by Crippen LogP contribution is -2.53. The summed E-state index contributed by atoms with van der Waals surface area (Å²) in [6, 6.07) is 2.36. The highest BCUT2D eigenvalue weighted by Crippen LogP contribution is 2.22. The summed E-state index contributed by atoms with van der Waals surface area (Å²) in [6.07, 6.45) is 7.25. The Hall–Kier alpha value is -1.34. The van der Waals surface area contributed by atoms with Crippen LogP contribution < -0.4 is 0 Å². The van der Waals surface area contributed by atoms with Crippen LogP contribution >= 0.6 is 0 Å². The van der Waals surface area contributed by atoms with Crippen LogP contribution in [0.5, 0.6) is 0 Å². The van der Waals surface area contributed by atoms with E-state index < -0.39 is 0 Å². The summed E-state index contributed by atoms with van der Waals surface area (Å²) in [6.45, 7) is 7.33. The van der Waals surface area contributed by atoms with E-state index >= 15 is 0 Å². The van der Waals surface area contributed by atoms with Crippen LogP contribution in [0.3, 0.4) is 0 Å². The van der Waals surface area contributed by atoms with Gasteiger partial charge in [0.2, 0.25) is 5.91 Å².